The third-order valence-corrected chi connectivity index (χ3v) is 2.56. The summed E-state index contributed by atoms with van der Waals surface area (Å²) in [6.07, 6.45) is -0.163. The first kappa shape index (κ1) is 11.8. The van der Waals surface area contributed by atoms with Crippen LogP contribution in [0.1, 0.15) is 18.0 Å². The van der Waals surface area contributed by atoms with Crippen molar-refractivity contribution < 1.29 is 4.39 Å². The van der Waals surface area contributed by atoms with E-state index in [4.69, 9.17) is 11.6 Å². The van der Waals surface area contributed by atoms with Crippen LogP contribution in [-0.4, -0.2) is 12.7 Å². The minimum absolute atomic E-state index is 0. The molecule has 2 atom stereocenters. The summed E-state index contributed by atoms with van der Waals surface area (Å²) in [6, 6.07) is 7.71. The highest BCUT2D eigenvalue weighted by molar-refractivity contribution is 6.30. The predicted molar refractivity (Wildman–Crippen MR) is 59.0 cm³/mol. The van der Waals surface area contributed by atoms with Gasteiger partial charge in [0.1, 0.15) is 6.17 Å². The van der Waals surface area contributed by atoms with E-state index in [2.05, 4.69) is 5.32 Å². The second-order valence-electron chi connectivity index (χ2n) is 3.35. The Morgan fingerprint density at radius 3 is 2.79 bits per heavy atom. The van der Waals surface area contributed by atoms with E-state index in [1.165, 1.54) is 0 Å². The maximum atomic E-state index is 12.9. The molecule has 0 radical (unpaired) electrons. The molecule has 0 bridgehead atoms. The number of hydrogen-bond acceptors (Lipinski definition) is 1. The summed E-state index contributed by atoms with van der Waals surface area (Å²) in [5.74, 6) is 0. The summed E-state index contributed by atoms with van der Waals surface area (Å²) in [4.78, 5) is 0. The van der Waals surface area contributed by atoms with Crippen LogP contribution in [-0.2, 0) is 0 Å². The van der Waals surface area contributed by atoms with Gasteiger partial charge in [-0.15, -0.1) is 12.4 Å². The summed E-state index contributed by atoms with van der Waals surface area (Å²) in [5, 5.41) is 3.83. The number of alkyl halides is 1. The monoisotopic (exact) mass is 235 g/mol. The maximum Gasteiger partial charge on any atom is 0.114 e. The van der Waals surface area contributed by atoms with Crippen LogP contribution in [0.3, 0.4) is 0 Å². The lowest BCUT2D eigenvalue weighted by Gasteiger charge is -2.09. The molecule has 4 heteroatoms. The molecule has 1 saturated heterocycles. The van der Waals surface area contributed by atoms with Gasteiger partial charge in [0.25, 0.3) is 0 Å². The molecule has 1 fully saturated rings. The fraction of sp³-hybridized carbons (Fsp3) is 0.400. The number of hydrogen-bond donors (Lipinski definition) is 1. The summed E-state index contributed by atoms with van der Waals surface area (Å²) >= 11 is 5.84. The Kier molecular flexibility index (Phi) is 4.17. The first-order valence-electron chi connectivity index (χ1n) is 4.38. The molecule has 0 amide bonds. The SMILES string of the molecule is Cl.FC1CNC(c2cccc(Cl)c2)C1. The standard InChI is InChI=1S/C10H11ClFN.ClH/c11-8-3-1-2-7(4-8)10-5-9(12)6-13-10;/h1-4,9-10,13H,5-6H2;1H. The Morgan fingerprint density at radius 1 is 1.43 bits per heavy atom. The van der Waals surface area contributed by atoms with E-state index < -0.39 is 6.17 Å². The van der Waals surface area contributed by atoms with Gasteiger partial charge in [-0.1, -0.05) is 23.7 Å². The molecule has 1 aliphatic heterocycles. The third-order valence-electron chi connectivity index (χ3n) is 2.33. The Balaban J connectivity index is 0.000000980. The van der Waals surface area contributed by atoms with E-state index in [-0.39, 0.29) is 18.4 Å². The largest absolute Gasteiger partial charge is 0.307 e. The normalized spacial score (nSPS) is 25.9. The lowest BCUT2D eigenvalue weighted by molar-refractivity contribution is 0.356. The van der Waals surface area contributed by atoms with E-state index in [1.807, 2.05) is 24.3 Å². The van der Waals surface area contributed by atoms with Crippen molar-refractivity contribution in [1.82, 2.24) is 5.32 Å². The summed E-state index contributed by atoms with van der Waals surface area (Å²) < 4.78 is 12.9. The van der Waals surface area contributed by atoms with E-state index in [0.29, 0.717) is 18.0 Å². The zero-order chi connectivity index (χ0) is 9.26. The van der Waals surface area contributed by atoms with Crippen molar-refractivity contribution in [2.75, 3.05) is 6.54 Å². The van der Waals surface area contributed by atoms with Crippen LogP contribution < -0.4 is 5.32 Å². The van der Waals surface area contributed by atoms with Crippen LogP contribution in [0.2, 0.25) is 5.02 Å². The molecule has 1 aliphatic rings. The van der Waals surface area contributed by atoms with Crippen molar-refractivity contribution in [2.45, 2.75) is 18.6 Å². The van der Waals surface area contributed by atoms with Gasteiger partial charge in [-0.05, 0) is 24.1 Å². The molecule has 0 aromatic heterocycles. The van der Waals surface area contributed by atoms with Gasteiger partial charge in [-0.2, -0.15) is 0 Å². The number of nitrogens with one attached hydrogen (secondary N) is 1. The summed E-state index contributed by atoms with van der Waals surface area (Å²) in [7, 11) is 0. The Bertz CT molecular complexity index is 306. The molecule has 1 aromatic carbocycles. The zero-order valence-electron chi connectivity index (χ0n) is 7.54. The maximum absolute atomic E-state index is 12.9. The van der Waals surface area contributed by atoms with E-state index in [0.717, 1.165) is 5.56 Å². The molecule has 0 saturated carbocycles. The Hall–Kier alpha value is -0.310. The first-order valence-corrected chi connectivity index (χ1v) is 4.76. The van der Waals surface area contributed by atoms with Gasteiger partial charge < -0.3 is 5.32 Å². The third kappa shape index (κ3) is 2.59. The van der Waals surface area contributed by atoms with Crippen LogP contribution in [0.15, 0.2) is 24.3 Å². The number of halogens is 3. The van der Waals surface area contributed by atoms with Gasteiger partial charge in [-0.25, -0.2) is 4.39 Å². The lowest BCUT2D eigenvalue weighted by Crippen LogP contribution is -2.13. The highest BCUT2D eigenvalue weighted by Gasteiger charge is 2.24. The smallest absolute Gasteiger partial charge is 0.114 e. The topological polar surface area (TPSA) is 12.0 Å². The van der Waals surface area contributed by atoms with E-state index in [9.17, 15) is 4.39 Å². The molecule has 0 aliphatic carbocycles. The molecule has 0 spiro atoms. The van der Waals surface area contributed by atoms with Crippen LogP contribution >= 0.6 is 24.0 Å². The summed E-state index contributed by atoms with van der Waals surface area (Å²) in [5.41, 5.74) is 1.08. The predicted octanol–water partition coefficient (Wildman–Crippen LogP) is 3.13. The average molecular weight is 236 g/mol. The van der Waals surface area contributed by atoms with Crippen molar-refractivity contribution in [1.29, 1.82) is 0 Å². The molecule has 78 valence electrons. The first-order chi connectivity index (χ1) is 6.25. The van der Waals surface area contributed by atoms with Crippen molar-refractivity contribution in [3.8, 4) is 0 Å². The van der Waals surface area contributed by atoms with Gasteiger partial charge in [0.05, 0.1) is 0 Å². The summed E-state index contributed by atoms with van der Waals surface area (Å²) in [6.45, 7) is 0.456. The van der Waals surface area contributed by atoms with E-state index in [1.54, 1.807) is 0 Å². The van der Waals surface area contributed by atoms with Gasteiger partial charge in [0.15, 0.2) is 0 Å². The highest BCUT2D eigenvalue weighted by atomic mass is 35.5. The van der Waals surface area contributed by atoms with Crippen LogP contribution in [0.25, 0.3) is 0 Å². The second-order valence-corrected chi connectivity index (χ2v) is 3.79. The van der Waals surface area contributed by atoms with Crippen molar-refractivity contribution in [3.63, 3.8) is 0 Å². The molecule has 2 rings (SSSR count). The molecular weight excluding hydrogens is 224 g/mol. The van der Waals surface area contributed by atoms with Gasteiger partial charge in [0, 0.05) is 17.6 Å². The second kappa shape index (κ2) is 4.96. The molecule has 1 heterocycles. The molecule has 1 aromatic rings. The molecule has 1 nitrogen and oxygen atoms in total. The molecule has 14 heavy (non-hydrogen) atoms. The Labute approximate surface area is 94.1 Å². The van der Waals surface area contributed by atoms with Gasteiger partial charge >= 0.3 is 0 Å². The zero-order valence-corrected chi connectivity index (χ0v) is 9.11. The molecule has 2 unspecified atom stereocenters. The average Bonchev–Trinajstić information content (AvgIpc) is 2.52. The van der Waals surface area contributed by atoms with E-state index >= 15 is 0 Å². The van der Waals surface area contributed by atoms with Crippen molar-refractivity contribution in [2.24, 2.45) is 0 Å². The quantitative estimate of drug-likeness (QED) is 0.789. The van der Waals surface area contributed by atoms with Gasteiger partial charge in [0.2, 0.25) is 0 Å². The molecular formula is C10H12Cl2FN. The fourth-order valence-electron chi connectivity index (χ4n) is 1.67. The fourth-order valence-corrected chi connectivity index (χ4v) is 1.87. The van der Waals surface area contributed by atoms with Crippen LogP contribution in [0.4, 0.5) is 4.39 Å². The Morgan fingerprint density at radius 2 is 2.21 bits per heavy atom. The number of benzene rings is 1. The minimum Gasteiger partial charge on any atom is -0.307 e. The van der Waals surface area contributed by atoms with Crippen molar-refractivity contribution >= 4 is 24.0 Å². The molecule has 1 N–H and O–H groups in total. The van der Waals surface area contributed by atoms with Crippen LogP contribution in [0, 0.1) is 0 Å². The minimum atomic E-state index is -0.719. The van der Waals surface area contributed by atoms with Crippen molar-refractivity contribution in [3.05, 3.63) is 34.9 Å². The lowest BCUT2D eigenvalue weighted by atomic mass is 10.1. The highest BCUT2D eigenvalue weighted by Crippen LogP contribution is 2.26. The number of rotatable bonds is 1. The van der Waals surface area contributed by atoms with Gasteiger partial charge in [-0.3, -0.25) is 0 Å². The van der Waals surface area contributed by atoms with Crippen LogP contribution in [0.5, 0.6) is 0 Å².